The molecule has 0 aromatic carbocycles. The molecule has 0 saturated heterocycles. The molecule has 0 heterocycles. The van der Waals surface area contributed by atoms with Crippen molar-refractivity contribution in [2.45, 2.75) is 117 Å². The molecule has 0 saturated carbocycles. The van der Waals surface area contributed by atoms with Gasteiger partial charge in [-0.05, 0) is 19.3 Å². The van der Waals surface area contributed by atoms with Gasteiger partial charge in [0.25, 0.3) is 0 Å². The molecule has 0 bridgehead atoms. The highest BCUT2D eigenvalue weighted by Crippen LogP contribution is 2.07. The molecule has 0 radical (unpaired) electrons. The molecule has 3 nitrogen and oxygen atoms in total. The molecule has 0 aromatic rings. The smallest absolute Gasteiger partial charge is 0.376 e. The monoisotopic (exact) mass is 374 g/mol. The van der Waals surface area contributed by atoms with Gasteiger partial charge < -0.3 is 13.3 Å². The van der Waals surface area contributed by atoms with Crippen LogP contribution in [0.5, 0.6) is 0 Å². The third-order valence-corrected chi connectivity index (χ3v) is 6.03. The fourth-order valence-electron chi connectivity index (χ4n) is 2.80. The van der Waals surface area contributed by atoms with Gasteiger partial charge in [0.05, 0.1) is 0 Å². The zero-order valence-corrected chi connectivity index (χ0v) is 18.7. The van der Waals surface area contributed by atoms with Crippen molar-refractivity contribution in [3.05, 3.63) is 0 Å². The third kappa shape index (κ3) is 20.3. The highest BCUT2D eigenvalue weighted by atomic mass is 28.3. The van der Waals surface area contributed by atoms with Gasteiger partial charge in [0, 0.05) is 19.8 Å². The summed E-state index contributed by atoms with van der Waals surface area (Å²) in [6.45, 7) is 9.19. The Kier molecular flexibility index (Phi) is 22.2. The lowest BCUT2D eigenvalue weighted by Crippen LogP contribution is -2.28. The first-order valence-corrected chi connectivity index (χ1v) is 12.6. The van der Waals surface area contributed by atoms with Crippen molar-refractivity contribution < 1.29 is 13.3 Å². The normalized spacial score (nSPS) is 11.5. The zero-order valence-electron chi connectivity index (χ0n) is 17.5. The first kappa shape index (κ1) is 25.1. The van der Waals surface area contributed by atoms with Crippen LogP contribution in [0.3, 0.4) is 0 Å². The molecule has 4 heteroatoms. The Morgan fingerprint density at radius 2 is 0.680 bits per heavy atom. The van der Waals surface area contributed by atoms with Crippen LogP contribution < -0.4 is 0 Å². The van der Waals surface area contributed by atoms with Crippen LogP contribution in [0.2, 0.25) is 0 Å². The molecule has 0 spiro atoms. The van der Waals surface area contributed by atoms with E-state index in [9.17, 15) is 0 Å². The predicted molar refractivity (Wildman–Crippen MR) is 111 cm³/mol. The molecular formula is C21H46O3Si. The maximum atomic E-state index is 5.97. The minimum Gasteiger partial charge on any atom is -0.376 e. The van der Waals surface area contributed by atoms with Crippen molar-refractivity contribution >= 4 is 9.53 Å². The van der Waals surface area contributed by atoms with Crippen molar-refractivity contribution in [1.82, 2.24) is 0 Å². The van der Waals surface area contributed by atoms with Gasteiger partial charge in [-0.3, -0.25) is 0 Å². The van der Waals surface area contributed by atoms with E-state index in [2.05, 4.69) is 20.8 Å². The van der Waals surface area contributed by atoms with Gasteiger partial charge >= 0.3 is 9.53 Å². The summed E-state index contributed by atoms with van der Waals surface area (Å²) >= 11 is 0. The Morgan fingerprint density at radius 1 is 0.400 bits per heavy atom. The summed E-state index contributed by atoms with van der Waals surface area (Å²) in [6.07, 6.45) is 19.1. The average molecular weight is 375 g/mol. The Morgan fingerprint density at radius 3 is 0.960 bits per heavy atom. The maximum Gasteiger partial charge on any atom is 0.484 e. The zero-order chi connectivity index (χ0) is 18.4. The fraction of sp³-hybridized carbons (Fsp3) is 1.00. The van der Waals surface area contributed by atoms with E-state index in [4.69, 9.17) is 13.3 Å². The maximum absolute atomic E-state index is 5.97. The van der Waals surface area contributed by atoms with Crippen LogP contribution in [0.1, 0.15) is 117 Å². The second-order valence-electron chi connectivity index (χ2n) is 7.14. The molecule has 0 fully saturated rings. The molecular weight excluding hydrogens is 328 g/mol. The van der Waals surface area contributed by atoms with Crippen molar-refractivity contribution in [2.75, 3.05) is 19.8 Å². The van der Waals surface area contributed by atoms with Crippen LogP contribution >= 0.6 is 0 Å². The highest BCUT2D eigenvalue weighted by Gasteiger charge is 2.14. The molecule has 0 N–H and O–H groups in total. The Hall–Kier alpha value is 0.0969. The van der Waals surface area contributed by atoms with Crippen LogP contribution in [0.25, 0.3) is 0 Å². The van der Waals surface area contributed by atoms with E-state index in [1.807, 2.05) is 0 Å². The Bertz CT molecular complexity index is 201. The summed E-state index contributed by atoms with van der Waals surface area (Å²) in [4.78, 5) is 0. The summed E-state index contributed by atoms with van der Waals surface area (Å²) in [5.74, 6) is 0. The third-order valence-electron chi connectivity index (χ3n) is 4.51. The van der Waals surface area contributed by atoms with Crippen LogP contribution in [0.4, 0.5) is 0 Å². The molecule has 152 valence electrons. The largest absolute Gasteiger partial charge is 0.484 e. The first-order valence-electron chi connectivity index (χ1n) is 11.2. The number of hydrogen-bond donors (Lipinski definition) is 0. The van der Waals surface area contributed by atoms with Gasteiger partial charge in [-0.25, -0.2) is 0 Å². The Balaban J connectivity index is 3.76. The molecule has 0 aromatic heterocycles. The number of unbranched alkanes of at least 4 members (excludes halogenated alkanes) is 12. The molecule has 0 amide bonds. The SMILES string of the molecule is CCCCCCCO[SiH](OCCCCCCC)OCCCCCCC. The topological polar surface area (TPSA) is 27.7 Å². The molecule has 0 aliphatic carbocycles. The fourth-order valence-corrected chi connectivity index (χ4v) is 4.17. The van der Waals surface area contributed by atoms with Crippen molar-refractivity contribution in [3.8, 4) is 0 Å². The predicted octanol–water partition coefficient (Wildman–Crippen LogP) is 6.66. The highest BCUT2D eigenvalue weighted by molar-refractivity contribution is 6.36. The van der Waals surface area contributed by atoms with Gasteiger partial charge in [-0.1, -0.05) is 97.8 Å². The first-order chi connectivity index (χ1) is 12.3. The second kappa shape index (κ2) is 22.1. The molecule has 0 aliphatic rings. The van der Waals surface area contributed by atoms with Crippen LogP contribution in [0, 0.1) is 0 Å². The van der Waals surface area contributed by atoms with E-state index < -0.39 is 9.53 Å². The van der Waals surface area contributed by atoms with Crippen molar-refractivity contribution in [2.24, 2.45) is 0 Å². The van der Waals surface area contributed by atoms with Gasteiger partial charge in [-0.2, -0.15) is 0 Å². The van der Waals surface area contributed by atoms with E-state index in [1.54, 1.807) is 0 Å². The number of rotatable bonds is 21. The second-order valence-corrected chi connectivity index (χ2v) is 8.72. The van der Waals surface area contributed by atoms with Crippen LogP contribution in [-0.2, 0) is 13.3 Å². The standard InChI is InChI=1S/C21H46O3Si/c1-4-7-10-13-16-19-22-25(23-20-17-14-11-8-5-2)24-21-18-15-12-9-6-3/h25H,4-21H2,1-3H3. The molecule has 0 unspecified atom stereocenters. The van der Waals surface area contributed by atoms with Crippen LogP contribution in [-0.4, -0.2) is 29.3 Å². The molecule has 0 atom stereocenters. The van der Waals surface area contributed by atoms with Crippen molar-refractivity contribution in [3.63, 3.8) is 0 Å². The van der Waals surface area contributed by atoms with E-state index in [1.165, 1.54) is 77.0 Å². The molecule has 0 aliphatic heterocycles. The average Bonchev–Trinajstić information content (AvgIpc) is 2.63. The summed E-state index contributed by atoms with van der Waals surface area (Å²) in [5, 5.41) is 0. The quantitative estimate of drug-likeness (QED) is 0.166. The summed E-state index contributed by atoms with van der Waals surface area (Å²) in [5.41, 5.74) is 0. The van der Waals surface area contributed by atoms with E-state index in [0.29, 0.717) is 0 Å². The van der Waals surface area contributed by atoms with E-state index in [0.717, 1.165) is 39.1 Å². The van der Waals surface area contributed by atoms with Gasteiger partial charge in [0.15, 0.2) is 0 Å². The summed E-state index contributed by atoms with van der Waals surface area (Å²) in [7, 11) is -1.91. The minimum atomic E-state index is -1.91. The van der Waals surface area contributed by atoms with Gasteiger partial charge in [0.1, 0.15) is 0 Å². The van der Waals surface area contributed by atoms with Crippen LogP contribution in [0.15, 0.2) is 0 Å². The lowest BCUT2D eigenvalue weighted by atomic mass is 10.2. The van der Waals surface area contributed by atoms with E-state index in [-0.39, 0.29) is 0 Å². The van der Waals surface area contributed by atoms with Gasteiger partial charge in [-0.15, -0.1) is 0 Å². The summed E-state index contributed by atoms with van der Waals surface area (Å²) in [6, 6.07) is 0. The van der Waals surface area contributed by atoms with Gasteiger partial charge in [0.2, 0.25) is 0 Å². The molecule has 0 rings (SSSR count). The van der Waals surface area contributed by atoms with Crippen molar-refractivity contribution in [1.29, 1.82) is 0 Å². The minimum absolute atomic E-state index is 0.812. The Labute approximate surface area is 160 Å². The van der Waals surface area contributed by atoms with E-state index >= 15 is 0 Å². The lowest BCUT2D eigenvalue weighted by molar-refractivity contribution is 0.0885. The lowest BCUT2D eigenvalue weighted by Gasteiger charge is -2.17. The number of hydrogen-bond acceptors (Lipinski definition) is 3. The molecule has 25 heavy (non-hydrogen) atoms. The summed E-state index contributed by atoms with van der Waals surface area (Å²) < 4.78 is 17.9.